The Morgan fingerprint density at radius 3 is 2.36 bits per heavy atom. The van der Waals surface area contributed by atoms with Gasteiger partial charge in [0.25, 0.3) is 0 Å². The summed E-state index contributed by atoms with van der Waals surface area (Å²) in [5.74, 6) is 4.60. The van der Waals surface area contributed by atoms with Crippen LogP contribution in [0.1, 0.15) is 33.5 Å². The molecule has 0 spiro atoms. The molecule has 1 fully saturated rings. The van der Waals surface area contributed by atoms with Crippen LogP contribution in [0.3, 0.4) is 0 Å². The molecule has 1 rings (SSSR count). The second kappa shape index (κ2) is 6.00. The molecule has 0 radical (unpaired) electrons. The van der Waals surface area contributed by atoms with Gasteiger partial charge in [0.2, 0.25) is 0 Å². The normalized spacial score (nSPS) is 18.6. The van der Waals surface area contributed by atoms with Crippen LogP contribution in [0.25, 0.3) is 0 Å². The molecule has 0 unspecified atom stereocenters. The van der Waals surface area contributed by atoms with Gasteiger partial charge in [-0.05, 0) is 12.8 Å². The first-order valence-corrected chi connectivity index (χ1v) is 3.75. The molecular formula is C7H14NNaO2. The molecule has 0 heterocycles. The smallest absolute Gasteiger partial charge is 1.00 e. The zero-order valence-corrected chi connectivity index (χ0v) is 9.01. The van der Waals surface area contributed by atoms with E-state index in [-0.39, 0.29) is 42.9 Å². The molecule has 0 bridgehead atoms. The molecule has 0 amide bonds. The second-order valence-electron chi connectivity index (χ2n) is 2.77. The number of carbonyl (C=O) groups excluding carboxylic acids is 1. The first kappa shape index (κ1) is 11.4. The fraction of sp³-hybridized carbons (Fsp3) is 0.857. The summed E-state index contributed by atoms with van der Waals surface area (Å²) in [6, 6.07) is 0. The fourth-order valence-corrected chi connectivity index (χ4v) is 1.43. The van der Waals surface area contributed by atoms with Crippen molar-refractivity contribution in [3.63, 3.8) is 0 Å². The van der Waals surface area contributed by atoms with Gasteiger partial charge in [-0.2, -0.15) is 5.90 Å². The summed E-state index contributed by atoms with van der Waals surface area (Å²) in [4.78, 5) is 15.0. The number of nitrogens with two attached hydrogens (primary N) is 1. The molecule has 0 aliphatic heterocycles. The first-order valence-electron chi connectivity index (χ1n) is 3.75. The zero-order chi connectivity index (χ0) is 7.40. The quantitative estimate of drug-likeness (QED) is 0.366. The fourth-order valence-electron chi connectivity index (χ4n) is 1.43. The van der Waals surface area contributed by atoms with Crippen LogP contribution in [0.4, 0.5) is 0 Å². The molecule has 1 saturated carbocycles. The summed E-state index contributed by atoms with van der Waals surface area (Å²) in [5, 5.41) is 0. The average molecular weight is 167 g/mol. The van der Waals surface area contributed by atoms with Gasteiger partial charge in [0.15, 0.2) is 0 Å². The van der Waals surface area contributed by atoms with Gasteiger partial charge in [-0.3, -0.25) is 4.79 Å². The third-order valence-corrected chi connectivity index (χ3v) is 2.05. The van der Waals surface area contributed by atoms with Crippen LogP contribution in [0.2, 0.25) is 0 Å². The maximum absolute atomic E-state index is 10.8. The summed E-state index contributed by atoms with van der Waals surface area (Å²) < 4.78 is 0. The summed E-state index contributed by atoms with van der Waals surface area (Å²) in [7, 11) is 0. The predicted molar refractivity (Wildman–Crippen MR) is 38.0 cm³/mol. The Hall–Kier alpha value is 0.430. The minimum Gasteiger partial charge on any atom is -1.00 e. The average Bonchev–Trinajstić information content (AvgIpc) is 2.05. The topological polar surface area (TPSA) is 52.3 Å². The Balaban J connectivity index is 0. The van der Waals surface area contributed by atoms with Crippen LogP contribution in [0.15, 0.2) is 0 Å². The maximum atomic E-state index is 10.8. The van der Waals surface area contributed by atoms with E-state index in [9.17, 15) is 4.79 Å². The monoisotopic (exact) mass is 167 g/mol. The van der Waals surface area contributed by atoms with Crippen LogP contribution in [-0.4, -0.2) is 5.97 Å². The molecule has 2 N–H and O–H groups in total. The van der Waals surface area contributed by atoms with Gasteiger partial charge in [0, 0.05) is 0 Å². The van der Waals surface area contributed by atoms with E-state index in [1.807, 2.05) is 0 Å². The molecule has 1 aliphatic rings. The van der Waals surface area contributed by atoms with E-state index >= 15 is 0 Å². The number of hydrogen-bond donors (Lipinski definition) is 1. The molecule has 0 aromatic carbocycles. The van der Waals surface area contributed by atoms with E-state index in [0.717, 1.165) is 25.7 Å². The number of carbonyl (C=O) groups is 1. The largest absolute Gasteiger partial charge is 1.00 e. The molecule has 4 heteroatoms. The molecule has 3 nitrogen and oxygen atoms in total. The van der Waals surface area contributed by atoms with Gasteiger partial charge in [-0.25, -0.2) is 0 Å². The van der Waals surface area contributed by atoms with E-state index in [4.69, 9.17) is 5.90 Å². The van der Waals surface area contributed by atoms with Crippen molar-refractivity contribution >= 4 is 5.97 Å². The van der Waals surface area contributed by atoms with E-state index in [1.165, 1.54) is 6.42 Å². The van der Waals surface area contributed by atoms with Gasteiger partial charge in [0.05, 0.1) is 5.92 Å². The molecule has 11 heavy (non-hydrogen) atoms. The zero-order valence-electron chi connectivity index (χ0n) is 8.01. The predicted octanol–water partition coefficient (Wildman–Crippen LogP) is -1.90. The number of hydrogen-bond acceptors (Lipinski definition) is 3. The SMILES string of the molecule is NOC(=O)C1CCCCC1.[H-].[Na+]. The maximum Gasteiger partial charge on any atom is 1.00 e. The van der Waals surface area contributed by atoms with Crippen molar-refractivity contribution in [1.29, 1.82) is 0 Å². The van der Waals surface area contributed by atoms with Crippen LogP contribution >= 0.6 is 0 Å². The van der Waals surface area contributed by atoms with E-state index in [0.29, 0.717) is 0 Å². The van der Waals surface area contributed by atoms with E-state index in [1.54, 1.807) is 0 Å². The van der Waals surface area contributed by atoms with E-state index < -0.39 is 0 Å². The van der Waals surface area contributed by atoms with Gasteiger partial charge in [-0.1, -0.05) is 19.3 Å². The molecular weight excluding hydrogens is 153 g/mol. The Bertz CT molecular complexity index is 129. The molecule has 0 aromatic heterocycles. The Morgan fingerprint density at radius 2 is 1.91 bits per heavy atom. The van der Waals surface area contributed by atoms with Crippen LogP contribution in [-0.2, 0) is 9.63 Å². The molecule has 0 aromatic rings. The standard InChI is InChI=1S/C7H13NO2.Na.H/c8-10-7(9)6-4-2-1-3-5-6;;/h6H,1-5,8H2;;/q;+1;-1. The molecule has 0 saturated heterocycles. The summed E-state index contributed by atoms with van der Waals surface area (Å²) in [6.07, 6.45) is 5.43. The van der Waals surface area contributed by atoms with Gasteiger partial charge < -0.3 is 6.26 Å². The third-order valence-electron chi connectivity index (χ3n) is 2.05. The molecule has 60 valence electrons. The van der Waals surface area contributed by atoms with Crippen molar-refractivity contribution in [2.45, 2.75) is 32.1 Å². The van der Waals surface area contributed by atoms with Gasteiger partial charge in [0.1, 0.15) is 0 Å². The second-order valence-corrected chi connectivity index (χ2v) is 2.77. The van der Waals surface area contributed by atoms with Crippen LogP contribution in [0.5, 0.6) is 0 Å². The Labute approximate surface area is 90.4 Å². The van der Waals surface area contributed by atoms with Gasteiger partial charge in [-0.15, -0.1) is 0 Å². The minimum absolute atomic E-state index is 0. The van der Waals surface area contributed by atoms with Gasteiger partial charge >= 0.3 is 35.5 Å². The Kier molecular flexibility index (Phi) is 6.24. The van der Waals surface area contributed by atoms with Crippen molar-refractivity contribution in [1.82, 2.24) is 0 Å². The summed E-state index contributed by atoms with van der Waals surface area (Å²) >= 11 is 0. The summed E-state index contributed by atoms with van der Waals surface area (Å²) in [5.41, 5.74) is 0. The molecule has 0 atom stereocenters. The van der Waals surface area contributed by atoms with Crippen molar-refractivity contribution in [2.75, 3.05) is 0 Å². The van der Waals surface area contributed by atoms with Crippen molar-refractivity contribution in [3.05, 3.63) is 0 Å². The van der Waals surface area contributed by atoms with Crippen molar-refractivity contribution in [3.8, 4) is 0 Å². The van der Waals surface area contributed by atoms with E-state index in [2.05, 4.69) is 4.84 Å². The van der Waals surface area contributed by atoms with Crippen molar-refractivity contribution < 1.29 is 40.6 Å². The first-order chi connectivity index (χ1) is 4.84. The minimum atomic E-state index is -0.236. The molecule has 1 aliphatic carbocycles. The Morgan fingerprint density at radius 1 is 1.36 bits per heavy atom. The van der Waals surface area contributed by atoms with Crippen LogP contribution < -0.4 is 35.5 Å². The van der Waals surface area contributed by atoms with Crippen molar-refractivity contribution in [2.24, 2.45) is 11.8 Å². The third kappa shape index (κ3) is 3.56. The number of rotatable bonds is 1. The summed E-state index contributed by atoms with van der Waals surface area (Å²) in [6.45, 7) is 0. The van der Waals surface area contributed by atoms with Crippen LogP contribution in [0, 0.1) is 5.92 Å².